The van der Waals surface area contributed by atoms with Gasteiger partial charge in [-0.05, 0) is 57.8 Å². The van der Waals surface area contributed by atoms with E-state index < -0.39 is 71.2 Å². The molecule has 1 rings (SSSR count). The highest BCUT2D eigenvalue weighted by molar-refractivity contribution is 7.85. The maximum atomic E-state index is 12.9. The number of aliphatic hydroxyl groups excluding tert-OH is 3. The molecule has 0 amide bonds. The monoisotopic (exact) mass is 1010 g/mol. The van der Waals surface area contributed by atoms with Crippen molar-refractivity contribution in [3.8, 4) is 0 Å². The molecule has 70 heavy (non-hydrogen) atoms. The van der Waals surface area contributed by atoms with E-state index in [1.165, 1.54) is 193 Å². The SMILES string of the molecule is CCCCCCCC/C=C/CCCCCCCCCCCC(=O)OC[C@H](CO[C@H]1O[C@H](CS(=O)(=O)O)[C@@H](O)C(O)C1O)OC(=O)CCC/C=C/CCCCCCCCCCCCCCCCCCCC. The van der Waals surface area contributed by atoms with Crippen LogP contribution in [0.2, 0.25) is 0 Å². The van der Waals surface area contributed by atoms with E-state index in [-0.39, 0.29) is 19.4 Å². The van der Waals surface area contributed by atoms with Gasteiger partial charge in [0.2, 0.25) is 0 Å². The summed E-state index contributed by atoms with van der Waals surface area (Å²) in [5.41, 5.74) is 0. The smallest absolute Gasteiger partial charge is 0.306 e. The second-order valence-electron chi connectivity index (χ2n) is 20.3. The number of carbonyl (C=O) groups excluding carboxylic acids is 2. The molecule has 1 fully saturated rings. The zero-order chi connectivity index (χ0) is 51.2. The van der Waals surface area contributed by atoms with E-state index in [2.05, 4.69) is 38.2 Å². The lowest BCUT2D eigenvalue weighted by Crippen LogP contribution is -2.60. The maximum absolute atomic E-state index is 12.9. The van der Waals surface area contributed by atoms with E-state index in [1.807, 2.05) is 0 Å². The van der Waals surface area contributed by atoms with Crippen LogP contribution in [0.5, 0.6) is 0 Å². The van der Waals surface area contributed by atoms with E-state index in [1.54, 1.807) is 0 Å². The van der Waals surface area contributed by atoms with Gasteiger partial charge in [-0.15, -0.1) is 0 Å². The van der Waals surface area contributed by atoms with E-state index in [4.69, 9.17) is 18.9 Å². The fraction of sp³-hybridized carbons (Fsp3) is 0.895. The molecule has 0 aromatic rings. The van der Waals surface area contributed by atoms with E-state index >= 15 is 0 Å². The quantitative estimate of drug-likeness (QED) is 0.0196. The Morgan fingerprint density at radius 1 is 0.471 bits per heavy atom. The number of ether oxygens (including phenoxy) is 4. The van der Waals surface area contributed by atoms with Crippen LogP contribution in [0.15, 0.2) is 24.3 Å². The molecule has 0 saturated carbocycles. The molecule has 0 aromatic heterocycles. The first-order valence-electron chi connectivity index (χ1n) is 28.9. The number of carbonyl (C=O) groups is 2. The zero-order valence-electron chi connectivity index (χ0n) is 44.6. The number of rotatable bonds is 50. The Hall–Kier alpha value is -1.87. The summed E-state index contributed by atoms with van der Waals surface area (Å²) in [4.78, 5) is 25.6. The molecule has 0 aliphatic carbocycles. The molecule has 1 aliphatic rings. The van der Waals surface area contributed by atoms with Crippen LogP contribution in [-0.2, 0) is 38.7 Å². The molecule has 2 unspecified atom stereocenters. The highest BCUT2D eigenvalue weighted by Crippen LogP contribution is 2.24. The average molecular weight is 1020 g/mol. The molecule has 1 heterocycles. The molecule has 13 heteroatoms. The molecular weight excluding hydrogens is 909 g/mol. The molecule has 0 radical (unpaired) electrons. The number of esters is 2. The van der Waals surface area contributed by atoms with Gasteiger partial charge in [-0.3, -0.25) is 14.1 Å². The molecule has 1 saturated heterocycles. The van der Waals surface area contributed by atoms with Gasteiger partial charge in [0.15, 0.2) is 12.4 Å². The Labute approximate surface area is 428 Å². The minimum Gasteiger partial charge on any atom is -0.462 e. The average Bonchev–Trinajstić information content (AvgIpc) is 3.33. The first-order chi connectivity index (χ1) is 34.0. The van der Waals surface area contributed by atoms with Crippen molar-refractivity contribution < 1.29 is 56.8 Å². The van der Waals surface area contributed by atoms with Gasteiger partial charge in [-0.1, -0.05) is 224 Å². The summed E-state index contributed by atoms with van der Waals surface area (Å²) in [6, 6.07) is 0. The summed E-state index contributed by atoms with van der Waals surface area (Å²) >= 11 is 0. The van der Waals surface area contributed by atoms with Gasteiger partial charge in [0.1, 0.15) is 36.8 Å². The van der Waals surface area contributed by atoms with Crippen LogP contribution >= 0.6 is 0 Å². The largest absolute Gasteiger partial charge is 0.462 e. The van der Waals surface area contributed by atoms with E-state index in [9.17, 15) is 37.9 Å². The highest BCUT2D eigenvalue weighted by Gasteiger charge is 2.46. The van der Waals surface area contributed by atoms with Crippen molar-refractivity contribution in [2.75, 3.05) is 19.0 Å². The van der Waals surface area contributed by atoms with Gasteiger partial charge < -0.3 is 34.3 Å². The van der Waals surface area contributed by atoms with Crippen molar-refractivity contribution in [2.45, 2.75) is 307 Å². The predicted molar refractivity (Wildman–Crippen MR) is 284 cm³/mol. The third-order valence-corrected chi connectivity index (χ3v) is 14.3. The van der Waals surface area contributed by atoms with Gasteiger partial charge in [-0.25, -0.2) is 0 Å². The summed E-state index contributed by atoms with van der Waals surface area (Å²) in [6.07, 6.45) is 46.6. The Kier molecular flexibility index (Phi) is 44.3. The van der Waals surface area contributed by atoms with Crippen LogP contribution in [0, 0.1) is 0 Å². The van der Waals surface area contributed by atoms with Crippen molar-refractivity contribution in [2.24, 2.45) is 0 Å². The standard InChI is InChI=1S/C57H106O12S/c1-3-5-7-9-11-13-15-17-19-21-23-24-25-26-28-30-32-34-36-38-40-42-44-46-53(59)68-50(48-67-57-56(62)55(61)54(60)51(69-57)49-70(63,64)65)47-66-52(58)45-43-41-39-37-35-33-31-29-27-22-20-18-16-14-12-10-8-6-4-2/h18,20,38,40,50-51,54-57,60-62H,3-17,19,21-37,39,41-49H2,1-2H3,(H,63,64,65)/b20-18+,40-38+/t50-,51-,54-,55?,56?,57+/m1/s1. The summed E-state index contributed by atoms with van der Waals surface area (Å²) in [5.74, 6) is -2.01. The van der Waals surface area contributed by atoms with Gasteiger partial charge in [0.25, 0.3) is 10.1 Å². The number of hydrogen-bond acceptors (Lipinski definition) is 11. The van der Waals surface area contributed by atoms with Gasteiger partial charge >= 0.3 is 11.9 Å². The predicted octanol–water partition coefficient (Wildman–Crippen LogP) is 13.9. The lowest BCUT2D eigenvalue weighted by Gasteiger charge is -2.40. The van der Waals surface area contributed by atoms with Gasteiger partial charge in [0.05, 0.1) is 6.61 Å². The summed E-state index contributed by atoms with van der Waals surface area (Å²) in [5, 5.41) is 31.0. The Morgan fingerprint density at radius 2 is 0.829 bits per heavy atom. The number of unbranched alkanes of at least 4 members (excludes halogenated alkanes) is 34. The summed E-state index contributed by atoms with van der Waals surface area (Å²) < 4.78 is 54.3. The molecule has 0 spiro atoms. The molecule has 0 aromatic carbocycles. The van der Waals surface area contributed by atoms with Crippen LogP contribution in [0.25, 0.3) is 0 Å². The van der Waals surface area contributed by atoms with Gasteiger partial charge in [0, 0.05) is 12.8 Å². The number of aliphatic hydroxyl groups is 3. The second-order valence-corrected chi connectivity index (χ2v) is 21.8. The van der Waals surface area contributed by atoms with Crippen LogP contribution < -0.4 is 0 Å². The molecule has 412 valence electrons. The Morgan fingerprint density at radius 3 is 1.23 bits per heavy atom. The lowest BCUT2D eigenvalue weighted by atomic mass is 10.00. The van der Waals surface area contributed by atoms with Crippen LogP contribution in [0.1, 0.15) is 271 Å². The summed E-state index contributed by atoms with van der Waals surface area (Å²) in [6.45, 7) is 3.79. The number of allylic oxidation sites excluding steroid dienone is 4. The third-order valence-electron chi connectivity index (χ3n) is 13.5. The Balaban J connectivity index is 2.32. The van der Waals surface area contributed by atoms with Crippen LogP contribution in [0.3, 0.4) is 0 Å². The number of hydrogen-bond donors (Lipinski definition) is 4. The minimum atomic E-state index is -4.61. The first kappa shape index (κ1) is 66.1. The molecule has 4 N–H and O–H groups in total. The lowest BCUT2D eigenvalue weighted by molar-refractivity contribution is -0.297. The van der Waals surface area contributed by atoms with Crippen LogP contribution in [0.4, 0.5) is 0 Å². The first-order valence-corrected chi connectivity index (χ1v) is 30.5. The van der Waals surface area contributed by atoms with Crippen molar-refractivity contribution >= 4 is 22.1 Å². The van der Waals surface area contributed by atoms with Gasteiger partial charge in [-0.2, -0.15) is 8.42 Å². The molecule has 12 nitrogen and oxygen atoms in total. The second kappa shape index (κ2) is 46.9. The molecule has 1 aliphatic heterocycles. The molecule has 6 atom stereocenters. The Bertz CT molecular complexity index is 1370. The third kappa shape index (κ3) is 40.6. The van der Waals surface area contributed by atoms with E-state index in [0.717, 1.165) is 32.1 Å². The maximum Gasteiger partial charge on any atom is 0.306 e. The van der Waals surface area contributed by atoms with Crippen LogP contribution in [-0.4, -0.2) is 96.0 Å². The highest BCUT2D eigenvalue weighted by atomic mass is 32.2. The topological polar surface area (TPSA) is 186 Å². The molecular formula is C57H106O12S. The fourth-order valence-corrected chi connectivity index (χ4v) is 9.72. The fourth-order valence-electron chi connectivity index (χ4n) is 9.03. The minimum absolute atomic E-state index is 0.120. The van der Waals surface area contributed by atoms with Crippen molar-refractivity contribution in [1.29, 1.82) is 0 Å². The zero-order valence-corrected chi connectivity index (χ0v) is 45.5. The molecule has 0 bridgehead atoms. The van der Waals surface area contributed by atoms with Crippen molar-refractivity contribution in [3.63, 3.8) is 0 Å². The van der Waals surface area contributed by atoms with Crippen molar-refractivity contribution in [1.82, 2.24) is 0 Å². The normalized spacial score (nSPS) is 19.1. The summed E-state index contributed by atoms with van der Waals surface area (Å²) in [7, 11) is -4.61. The van der Waals surface area contributed by atoms with Crippen molar-refractivity contribution in [3.05, 3.63) is 24.3 Å². The van der Waals surface area contributed by atoms with E-state index in [0.29, 0.717) is 19.3 Å².